The molecule has 2 saturated carbocycles. The third-order valence-electron chi connectivity index (χ3n) is 5.63. The Kier molecular flexibility index (Phi) is 2.98. The number of rotatable bonds is 2. The van der Waals surface area contributed by atoms with Crippen LogP contribution in [0.2, 0.25) is 0 Å². The number of likely N-dealkylation sites (tertiary alicyclic amines) is 2. The van der Waals surface area contributed by atoms with Crippen molar-refractivity contribution in [2.45, 2.75) is 23.9 Å². The monoisotopic (exact) mass is 252 g/mol. The standard InChI is InChI=1S/2C7H14N2/c2*1-8-7-3-6(7)4-9(2)5-7/h2*6,8H,3-5H2,1-2H3/t2*6-,7-/m10/s1. The summed E-state index contributed by atoms with van der Waals surface area (Å²) >= 11 is 0. The van der Waals surface area contributed by atoms with E-state index < -0.39 is 0 Å². The van der Waals surface area contributed by atoms with Gasteiger partial charge in [-0.25, -0.2) is 0 Å². The van der Waals surface area contributed by atoms with Crippen LogP contribution in [-0.4, -0.2) is 75.2 Å². The third kappa shape index (κ3) is 1.99. The molecule has 2 saturated heterocycles. The summed E-state index contributed by atoms with van der Waals surface area (Å²) in [4.78, 5) is 4.81. The van der Waals surface area contributed by atoms with Gasteiger partial charge in [0.15, 0.2) is 0 Å². The molecule has 4 heteroatoms. The lowest BCUT2D eigenvalue weighted by atomic mass is 10.2. The van der Waals surface area contributed by atoms with E-state index in [1.165, 1.54) is 39.0 Å². The Morgan fingerprint density at radius 3 is 1.39 bits per heavy atom. The van der Waals surface area contributed by atoms with Crippen molar-refractivity contribution in [1.82, 2.24) is 20.4 Å². The summed E-state index contributed by atoms with van der Waals surface area (Å²) in [7, 11) is 8.56. The van der Waals surface area contributed by atoms with Gasteiger partial charge in [-0.05, 0) is 52.9 Å². The van der Waals surface area contributed by atoms with Crippen molar-refractivity contribution >= 4 is 0 Å². The minimum atomic E-state index is 0.550. The van der Waals surface area contributed by atoms with Crippen LogP contribution in [0.15, 0.2) is 0 Å². The Hall–Kier alpha value is -0.160. The van der Waals surface area contributed by atoms with E-state index in [0.717, 1.165) is 11.8 Å². The minimum absolute atomic E-state index is 0.550. The van der Waals surface area contributed by atoms with Crippen LogP contribution < -0.4 is 10.6 Å². The molecule has 4 atom stereocenters. The van der Waals surface area contributed by atoms with Crippen LogP contribution in [0, 0.1) is 11.8 Å². The van der Waals surface area contributed by atoms with Crippen molar-refractivity contribution in [3.05, 3.63) is 0 Å². The third-order valence-corrected chi connectivity index (χ3v) is 5.63. The van der Waals surface area contributed by atoms with E-state index in [1.54, 1.807) is 0 Å². The summed E-state index contributed by atoms with van der Waals surface area (Å²) in [6.07, 6.45) is 2.82. The summed E-state index contributed by atoms with van der Waals surface area (Å²) in [5.41, 5.74) is 1.10. The number of nitrogens with zero attached hydrogens (tertiary/aromatic N) is 2. The zero-order chi connectivity index (χ0) is 13.0. The maximum absolute atomic E-state index is 3.40. The highest BCUT2D eigenvalue weighted by Crippen LogP contribution is 2.49. The highest BCUT2D eigenvalue weighted by atomic mass is 15.2. The average molecular weight is 252 g/mol. The van der Waals surface area contributed by atoms with E-state index in [-0.39, 0.29) is 0 Å². The van der Waals surface area contributed by atoms with Crippen LogP contribution in [0.5, 0.6) is 0 Å². The molecule has 0 unspecified atom stereocenters. The molecular weight excluding hydrogens is 224 g/mol. The fourth-order valence-electron chi connectivity index (χ4n) is 4.24. The second-order valence-corrected chi connectivity index (χ2v) is 7.01. The topological polar surface area (TPSA) is 30.5 Å². The van der Waals surface area contributed by atoms with Gasteiger partial charge in [0.1, 0.15) is 0 Å². The predicted octanol–water partition coefficient (Wildman–Crippen LogP) is -0.180. The van der Waals surface area contributed by atoms with E-state index >= 15 is 0 Å². The zero-order valence-electron chi connectivity index (χ0n) is 12.3. The molecule has 0 radical (unpaired) electrons. The lowest BCUT2D eigenvalue weighted by Crippen LogP contribution is -2.34. The van der Waals surface area contributed by atoms with Crippen molar-refractivity contribution < 1.29 is 0 Å². The first-order valence-corrected chi connectivity index (χ1v) is 7.28. The second-order valence-electron chi connectivity index (χ2n) is 7.01. The van der Waals surface area contributed by atoms with Crippen molar-refractivity contribution in [2.75, 3.05) is 54.4 Å². The molecule has 0 aromatic heterocycles. The molecule has 2 N–H and O–H groups in total. The van der Waals surface area contributed by atoms with Crippen LogP contribution in [-0.2, 0) is 0 Å². The first-order valence-electron chi connectivity index (χ1n) is 7.28. The number of hydrogen-bond donors (Lipinski definition) is 2. The number of piperidine rings is 2. The second kappa shape index (κ2) is 4.17. The van der Waals surface area contributed by atoms with Crippen molar-refractivity contribution in [3.8, 4) is 0 Å². The largest absolute Gasteiger partial charge is 0.313 e. The molecule has 4 rings (SSSR count). The van der Waals surface area contributed by atoms with Crippen LogP contribution in [0.3, 0.4) is 0 Å². The lowest BCUT2D eigenvalue weighted by molar-refractivity contribution is 0.351. The summed E-state index contributed by atoms with van der Waals surface area (Å²) in [5, 5.41) is 6.81. The number of likely N-dealkylation sites (N-methyl/N-ethyl adjacent to an activating group) is 4. The van der Waals surface area contributed by atoms with Crippen molar-refractivity contribution in [3.63, 3.8) is 0 Å². The van der Waals surface area contributed by atoms with E-state index in [1.807, 2.05) is 0 Å². The maximum atomic E-state index is 3.40. The number of nitrogens with one attached hydrogen (secondary N) is 2. The summed E-state index contributed by atoms with van der Waals surface area (Å²) in [5.74, 6) is 1.93. The predicted molar refractivity (Wildman–Crippen MR) is 74.8 cm³/mol. The normalized spacial score (nSPS) is 49.3. The minimum Gasteiger partial charge on any atom is -0.313 e. The Morgan fingerprint density at radius 2 is 1.22 bits per heavy atom. The van der Waals surface area contributed by atoms with E-state index in [0.29, 0.717) is 11.1 Å². The Morgan fingerprint density at radius 1 is 0.833 bits per heavy atom. The summed E-state index contributed by atoms with van der Waals surface area (Å²) < 4.78 is 0. The van der Waals surface area contributed by atoms with Crippen molar-refractivity contribution in [2.24, 2.45) is 11.8 Å². The fraction of sp³-hybridized carbons (Fsp3) is 1.00. The average Bonchev–Trinajstić information content (AvgIpc) is 3.13. The molecule has 2 heterocycles. The van der Waals surface area contributed by atoms with Crippen LogP contribution in [0.4, 0.5) is 0 Å². The van der Waals surface area contributed by atoms with Gasteiger partial charge in [-0.15, -0.1) is 0 Å². The van der Waals surface area contributed by atoms with Gasteiger partial charge in [-0.1, -0.05) is 0 Å². The molecule has 0 amide bonds. The van der Waals surface area contributed by atoms with E-state index in [2.05, 4.69) is 48.6 Å². The Bertz CT molecular complexity index is 294. The SMILES string of the molecule is CN[C@@]12C[C@@H]1CN(C)C2.CN[C@]12C[C@H]1CN(C)C2. The molecular formula is C14H28N4. The van der Waals surface area contributed by atoms with Gasteiger partial charge in [-0.3, -0.25) is 0 Å². The Labute approximate surface area is 111 Å². The zero-order valence-corrected chi connectivity index (χ0v) is 12.3. The van der Waals surface area contributed by atoms with Crippen LogP contribution in [0.1, 0.15) is 12.8 Å². The van der Waals surface area contributed by atoms with E-state index in [4.69, 9.17) is 0 Å². The van der Waals surface area contributed by atoms with Gasteiger partial charge < -0.3 is 20.4 Å². The Balaban J connectivity index is 0.000000111. The molecule has 0 spiro atoms. The molecule has 4 aliphatic rings. The van der Waals surface area contributed by atoms with Crippen LogP contribution >= 0.6 is 0 Å². The molecule has 4 nitrogen and oxygen atoms in total. The highest BCUT2D eigenvalue weighted by molar-refractivity contribution is 5.17. The first-order chi connectivity index (χ1) is 8.53. The van der Waals surface area contributed by atoms with Gasteiger partial charge in [-0.2, -0.15) is 0 Å². The van der Waals surface area contributed by atoms with Gasteiger partial charge >= 0.3 is 0 Å². The molecule has 0 aromatic rings. The quantitative estimate of drug-likeness (QED) is 0.714. The maximum Gasteiger partial charge on any atom is 0.0351 e. The lowest BCUT2D eigenvalue weighted by Gasteiger charge is -2.14. The summed E-state index contributed by atoms with van der Waals surface area (Å²) in [6.45, 7) is 5.13. The van der Waals surface area contributed by atoms with Crippen molar-refractivity contribution in [1.29, 1.82) is 0 Å². The van der Waals surface area contributed by atoms with Gasteiger partial charge in [0, 0.05) is 37.3 Å². The van der Waals surface area contributed by atoms with Gasteiger partial charge in [0.25, 0.3) is 0 Å². The molecule has 4 fully saturated rings. The fourth-order valence-corrected chi connectivity index (χ4v) is 4.24. The van der Waals surface area contributed by atoms with Gasteiger partial charge in [0.05, 0.1) is 0 Å². The van der Waals surface area contributed by atoms with Gasteiger partial charge in [0.2, 0.25) is 0 Å². The molecule has 0 aromatic carbocycles. The summed E-state index contributed by atoms with van der Waals surface area (Å²) in [6, 6.07) is 0. The molecule has 0 bridgehead atoms. The molecule has 18 heavy (non-hydrogen) atoms. The first kappa shape index (κ1) is 12.9. The highest BCUT2D eigenvalue weighted by Gasteiger charge is 2.58. The number of fused-ring (bicyclic) bond motifs is 2. The van der Waals surface area contributed by atoms with Crippen LogP contribution in [0.25, 0.3) is 0 Å². The number of hydrogen-bond acceptors (Lipinski definition) is 4. The molecule has 2 aliphatic carbocycles. The smallest absolute Gasteiger partial charge is 0.0351 e. The molecule has 2 aliphatic heterocycles. The van der Waals surface area contributed by atoms with E-state index in [9.17, 15) is 0 Å². The molecule has 104 valence electrons.